The Morgan fingerprint density at radius 3 is 2.37 bits per heavy atom. The molecule has 2 aromatic rings. The highest BCUT2D eigenvalue weighted by Crippen LogP contribution is 2.39. The summed E-state index contributed by atoms with van der Waals surface area (Å²) in [5.41, 5.74) is 0.708. The molecule has 0 bridgehead atoms. The molecule has 1 aromatic carbocycles. The van der Waals surface area contributed by atoms with E-state index in [0.717, 1.165) is 17.7 Å². The van der Waals surface area contributed by atoms with Gasteiger partial charge in [0.2, 0.25) is 0 Å². The van der Waals surface area contributed by atoms with E-state index < -0.39 is 0 Å². The van der Waals surface area contributed by atoms with Crippen LogP contribution >= 0.6 is 23.2 Å². The van der Waals surface area contributed by atoms with Crippen molar-refractivity contribution >= 4 is 34.2 Å². The first-order chi connectivity index (χ1) is 8.84. The Morgan fingerprint density at radius 1 is 1.21 bits per heavy atom. The minimum atomic E-state index is 0.0445. The minimum Gasteiger partial charge on any atom is -0.458 e. The van der Waals surface area contributed by atoms with E-state index in [-0.39, 0.29) is 11.5 Å². The van der Waals surface area contributed by atoms with Gasteiger partial charge >= 0.3 is 0 Å². The van der Waals surface area contributed by atoms with Gasteiger partial charge in [-0.05, 0) is 30.2 Å². The first-order valence-electron chi connectivity index (χ1n) is 6.45. The topological polar surface area (TPSA) is 25.2 Å². The molecular weight excluding hydrogens is 281 g/mol. The van der Waals surface area contributed by atoms with Crippen molar-refractivity contribution in [2.45, 2.75) is 33.7 Å². The normalized spacial score (nSPS) is 14.0. The third kappa shape index (κ3) is 2.91. The summed E-state index contributed by atoms with van der Waals surface area (Å²) in [6, 6.07) is 5.67. The van der Waals surface area contributed by atoms with Gasteiger partial charge in [0.05, 0.1) is 16.1 Å². The van der Waals surface area contributed by atoms with Crippen LogP contribution in [0.15, 0.2) is 22.6 Å². The van der Waals surface area contributed by atoms with Gasteiger partial charge in [-0.3, -0.25) is 0 Å². The number of hydrogen-bond donors (Lipinski definition) is 1. The molecule has 0 radical (unpaired) electrons. The van der Waals surface area contributed by atoms with E-state index in [1.165, 1.54) is 0 Å². The van der Waals surface area contributed by atoms with Gasteiger partial charge in [0.15, 0.2) is 5.58 Å². The molecule has 1 atom stereocenters. The maximum Gasteiger partial charge on any atom is 0.154 e. The highest BCUT2D eigenvalue weighted by Gasteiger charge is 2.29. The van der Waals surface area contributed by atoms with Crippen LogP contribution in [0.25, 0.3) is 11.0 Å². The number of nitrogens with one attached hydrogen (secondary N) is 1. The van der Waals surface area contributed by atoms with Crippen molar-refractivity contribution < 1.29 is 4.42 Å². The molecule has 0 aliphatic rings. The van der Waals surface area contributed by atoms with E-state index in [2.05, 4.69) is 33.0 Å². The quantitative estimate of drug-likeness (QED) is 0.817. The number of benzene rings is 1. The predicted molar refractivity (Wildman–Crippen MR) is 82.1 cm³/mol. The van der Waals surface area contributed by atoms with Gasteiger partial charge in [-0.15, -0.1) is 0 Å². The highest BCUT2D eigenvalue weighted by atomic mass is 35.5. The number of hydrogen-bond acceptors (Lipinski definition) is 2. The number of furan rings is 1. The largest absolute Gasteiger partial charge is 0.458 e. The van der Waals surface area contributed by atoms with Crippen molar-refractivity contribution in [3.05, 3.63) is 34.0 Å². The summed E-state index contributed by atoms with van der Waals surface area (Å²) in [4.78, 5) is 0. The van der Waals surface area contributed by atoms with E-state index >= 15 is 0 Å². The molecule has 104 valence electrons. The zero-order chi connectivity index (χ0) is 14.2. The van der Waals surface area contributed by atoms with Crippen LogP contribution in [-0.4, -0.2) is 6.54 Å². The van der Waals surface area contributed by atoms with Gasteiger partial charge in [0.25, 0.3) is 0 Å². The van der Waals surface area contributed by atoms with E-state index in [9.17, 15) is 0 Å². The molecule has 0 aliphatic carbocycles. The molecule has 19 heavy (non-hydrogen) atoms. The molecule has 0 saturated heterocycles. The molecule has 1 unspecified atom stereocenters. The predicted octanol–water partition coefficient (Wildman–Crippen LogP) is 5.44. The zero-order valence-electron chi connectivity index (χ0n) is 11.7. The fraction of sp³-hybridized carbons (Fsp3) is 0.467. The minimum absolute atomic E-state index is 0.0445. The molecule has 0 aliphatic heterocycles. The monoisotopic (exact) mass is 299 g/mol. The summed E-state index contributed by atoms with van der Waals surface area (Å²) in [5.74, 6) is 0.874. The molecule has 0 amide bonds. The Morgan fingerprint density at radius 2 is 1.84 bits per heavy atom. The summed E-state index contributed by atoms with van der Waals surface area (Å²) < 4.78 is 5.94. The lowest BCUT2D eigenvalue weighted by Gasteiger charge is -2.29. The molecule has 2 rings (SSSR count). The van der Waals surface area contributed by atoms with Crippen LogP contribution in [0.5, 0.6) is 0 Å². The molecule has 0 fully saturated rings. The first-order valence-corrected chi connectivity index (χ1v) is 7.21. The smallest absolute Gasteiger partial charge is 0.154 e. The number of halogens is 2. The van der Waals surface area contributed by atoms with Crippen molar-refractivity contribution in [2.75, 3.05) is 6.54 Å². The standard InChI is InChI=1S/C15H19Cl2NO/c1-5-18-14(15(2,3)4)12-8-9-10(16)6-7-11(17)13(9)19-12/h6-8,14,18H,5H2,1-4H3. The molecule has 4 heteroatoms. The number of rotatable bonds is 3. The third-order valence-electron chi connectivity index (χ3n) is 3.16. The summed E-state index contributed by atoms with van der Waals surface area (Å²) in [6.45, 7) is 9.49. The van der Waals surface area contributed by atoms with Crippen molar-refractivity contribution in [1.82, 2.24) is 5.32 Å². The molecule has 0 spiro atoms. The maximum atomic E-state index is 6.20. The van der Waals surface area contributed by atoms with Gasteiger partial charge in [0.1, 0.15) is 5.76 Å². The second-order valence-electron chi connectivity index (χ2n) is 5.78. The average Bonchev–Trinajstić information content (AvgIpc) is 2.75. The van der Waals surface area contributed by atoms with E-state index in [1.54, 1.807) is 12.1 Å². The summed E-state index contributed by atoms with van der Waals surface area (Å²) in [6.07, 6.45) is 0. The molecule has 1 N–H and O–H groups in total. The van der Waals surface area contributed by atoms with Crippen LogP contribution in [0.1, 0.15) is 39.5 Å². The van der Waals surface area contributed by atoms with Gasteiger partial charge in [0, 0.05) is 5.39 Å². The SMILES string of the molecule is CCNC(c1cc2c(Cl)ccc(Cl)c2o1)C(C)(C)C. The lowest BCUT2D eigenvalue weighted by molar-refractivity contribution is 0.244. The second-order valence-corrected chi connectivity index (χ2v) is 6.59. The van der Waals surface area contributed by atoms with Crippen molar-refractivity contribution in [2.24, 2.45) is 5.41 Å². The number of fused-ring (bicyclic) bond motifs is 1. The highest BCUT2D eigenvalue weighted by molar-refractivity contribution is 6.39. The van der Waals surface area contributed by atoms with Crippen LogP contribution < -0.4 is 5.32 Å². The van der Waals surface area contributed by atoms with Gasteiger partial charge in [-0.25, -0.2) is 0 Å². The fourth-order valence-electron chi connectivity index (χ4n) is 2.26. The third-order valence-corrected chi connectivity index (χ3v) is 3.79. The zero-order valence-corrected chi connectivity index (χ0v) is 13.2. The first kappa shape index (κ1) is 14.7. The Balaban J connectivity index is 2.56. The Kier molecular flexibility index (Phi) is 4.14. The maximum absolute atomic E-state index is 6.20. The summed E-state index contributed by atoms with van der Waals surface area (Å²) >= 11 is 12.4. The van der Waals surface area contributed by atoms with Crippen LogP contribution in [0.4, 0.5) is 0 Å². The van der Waals surface area contributed by atoms with Crippen LogP contribution in [0.2, 0.25) is 10.0 Å². The van der Waals surface area contributed by atoms with Gasteiger partial charge in [-0.2, -0.15) is 0 Å². The summed E-state index contributed by atoms with van der Waals surface area (Å²) in [5, 5.41) is 5.59. The van der Waals surface area contributed by atoms with E-state index in [1.807, 2.05) is 6.07 Å². The van der Waals surface area contributed by atoms with Gasteiger partial charge in [-0.1, -0.05) is 50.9 Å². The van der Waals surface area contributed by atoms with E-state index in [0.29, 0.717) is 15.6 Å². The summed E-state index contributed by atoms with van der Waals surface area (Å²) in [7, 11) is 0. The van der Waals surface area contributed by atoms with Crippen molar-refractivity contribution in [3.63, 3.8) is 0 Å². The average molecular weight is 300 g/mol. The van der Waals surface area contributed by atoms with Crippen LogP contribution in [0.3, 0.4) is 0 Å². The Labute approximate surface area is 124 Å². The Hall–Kier alpha value is -0.700. The fourth-order valence-corrected chi connectivity index (χ4v) is 2.66. The lowest BCUT2D eigenvalue weighted by Crippen LogP contribution is -2.31. The van der Waals surface area contributed by atoms with Crippen molar-refractivity contribution in [3.8, 4) is 0 Å². The van der Waals surface area contributed by atoms with E-state index in [4.69, 9.17) is 27.6 Å². The molecule has 0 saturated carbocycles. The molecule has 1 heterocycles. The van der Waals surface area contributed by atoms with Crippen LogP contribution in [0, 0.1) is 5.41 Å². The van der Waals surface area contributed by atoms with Gasteiger partial charge < -0.3 is 9.73 Å². The lowest BCUT2D eigenvalue weighted by atomic mass is 9.85. The Bertz CT molecular complexity index is 545. The molecule has 1 aromatic heterocycles. The van der Waals surface area contributed by atoms with Crippen LogP contribution in [-0.2, 0) is 0 Å². The molecule has 2 nitrogen and oxygen atoms in total. The molecular formula is C15H19Cl2NO. The van der Waals surface area contributed by atoms with Crippen molar-refractivity contribution in [1.29, 1.82) is 0 Å². The second kappa shape index (κ2) is 5.35.